The molecule has 0 saturated heterocycles. The van der Waals surface area contributed by atoms with E-state index in [1.165, 1.54) is 28.1 Å². The molecule has 0 aliphatic carbocycles. The van der Waals surface area contributed by atoms with Crippen LogP contribution >= 0.6 is 0 Å². The fourth-order valence-electron chi connectivity index (χ4n) is 6.95. The highest BCUT2D eigenvalue weighted by molar-refractivity contribution is 6.10. The normalized spacial score (nSPS) is 11.3. The summed E-state index contributed by atoms with van der Waals surface area (Å²) in [4.78, 5) is 15.1. The van der Waals surface area contributed by atoms with Crippen molar-refractivity contribution in [3.63, 3.8) is 0 Å². The maximum absolute atomic E-state index is 14.7. The lowest BCUT2D eigenvalue weighted by molar-refractivity contribution is 0.628. The Bertz CT molecular complexity index is 2660. The number of rotatable bonds is 6. The summed E-state index contributed by atoms with van der Waals surface area (Å²) >= 11 is 0. The van der Waals surface area contributed by atoms with Gasteiger partial charge in [-0.05, 0) is 71.6 Å². The molecule has 242 valence electrons. The van der Waals surface area contributed by atoms with Crippen molar-refractivity contribution in [2.45, 2.75) is 6.92 Å². The molecule has 0 aliphatic rings. The molecule has 0 fully saturated rings. The maximum atomic E-state index is 14.7. The largest absolute Gasteiger partial charge is 0.309 e. The van der Waals surface area contributed by atoms with Crippen LogP contribution in [0.25, 0.3) is 83.9 Å². The smallest absolute Gasteiger partial charge is 0.164 e. The van der Waals surface area contributed by atoms with Gasteiger partial charge in [-0.3, -0.25) is 0 Å². The zero-order valence-electron chi connectivity index (χ0n) is 27.8. The van der Waals surface area contributed by atoms with Gasteiger partial charge in [-0.1, -0.05) is 133 Å². The van der Waals surface area contributed by atoms with Crippen LogP contribution in [0.4, 0.5) is 4.39 Å². The number of nitrogens with zero attached hydrogens (tertiary/aromatic N) is 4. The highest BCUT2D eigenvalue weighted by atomic mass is 19.1. The van der Waals surface area contributed by atoms with E-state index < -0.39 is 0 Å². The van der Waals surface area contributed by atoms with Gasteiger partial charge in [0.1, 0.15) is 5.82 Å². The fourth-order valence-corrected chi connectivity index (χ4v) is 6.95. The summed E-state index contributed by atoms with van der Waals surface area (Å²) in [5.41, 5.74) is 10.8. The second kappa shape index (κ2) is 12.6. The van der Waals surface area contributed by atoms with Crippen LogP contribution in [0.5, 0.6) is 0 Å². The van der Waals surface area contributed by atoms with Gasteiger partial charge in [0, 0.05) is 33.2 Å². The molecule has 2 heterocycles. The number of aryl methyl sites for hydroxylation is 1. The molecule has 5 heteroatoms. The van der Waals surface area contributed by atoms with Crippen LogP contribution in [0.15, 0.2) is 170 Å². The monoisotopic (exact) mass is 658 g/mol. The van der Waals surface area contributed by atoms with Gasteiger partial charge < -0.3 is 4.57 Å². The first kappa shape index (κ1) is 30.3. The predicted octanol–water partition coefficient (Wildman–Crippen LogP) is 11.8. The standard InChI is InChI=1S/C46H31FN4/c1-30-12-10-17-33(26-30)34-22-25-43-40(28-34)39-20-8-9-21-42(39)51(43)37-23-24-38(35-18-11-19-36(47)27-35)41(29-37)46-49-44(31-13-4-2-5-14-31)48-45(50-46)32-15-6-3-7-16-32/h2-29H,1H3. The molecule has 0 bridgehead atoms. The molecule has 51 heavy (non-hydrogen) atoms. The summed E-state index contributed by atoms with van der Waals surface area (Å²) in [6.07, 6.45) is 0. The average Bonchev–Trinajstić information content (AvgIpc) is 3.52. The summed E-state index contributed by atoms with van der Waals surface area (Å²) in [5, 5.41) is 2.33. The molecule has 7 aromatic carbocycles. The molecule has 9 rings (SSSR count). The van der Waals surface area contributed by atoms with E-state index in [0.717, 1.165) is 49.9 Å². The van der Waals surface area contributed by atoms with Gasteiger partial charge >= 0.3 is 0 Å². The van der Waals surface area contributed by atoms with Crippen LogP contribution in [0, 0.1) is 12.7 Å². The molecule has 9 aromatic rings. The Balaban J connectivity index is 1.30. The minimum absolute atomic E-state index is 0.306. The quantitative estimate of drug-likeness (QED) is 0.179. The summed E-state index contributed by atoms with van der Waals surface area (Å²) in [7, 11) is 0. The Morgan fingerprint density at radius 1 is 0.412 bits per heavy atom. The van der Waals surface area contributed by atoms with E-state index in [1.807, 2.05) is 66.7 Å². The molecule has 2 aromatic heterocycles. The van der Waals surface area contributed by atoms with Gasteiger partial charge in [0.05, 0.1) is 11.0 Å². The Hall–Kier alpha value is -6.72. The van der Waals surface area contributed by atoms with Crippen LogP contribution in [0.2, 0.25) is 0 Å². The molecule has 0 amide bonds. The minimum atomic E-state index is -0.306. The lowest BCUT2D eigenvalue weighted by atomic mass is 9.98. The number of hydrogen-bond donors (Lipinski definition) is 0. The number of para-hydroxylation sites is 1. The van der Waals surface area contributed by atoms with Crippen molar-refractivity contribution in [1.82, 2.24) is 19.5 Å². The van der Waals surface area contributed by atoms with E-state index in [9.17, 15) is 4.39 Å². The Labute approximate surface area is 295 Å². The predicted molar refractivity (Wildman–Crippen MR) is 206 cm³/mol. The SMILES string of the molecule is Cc1cccc(-c2ccc3c(c2)c2ccccc2n3-c2ccc(-c3cccc(F)c3)c(-c3nc(-c4ccccc4)nc(-c4ccccc4)n3)c2)c1. The van der Waals surface area contributed by atoms with E-state index in [4.69, 9.17) is 15.0 Å². The Kier molecular flexibility index (Phi) is 7.51. The summed E-state index contributed by atoms with van der Waals surface area (Å²) in [6.45, 7) is 2.12. The first-order chi connectivity index (χ1) is 25.1. The van der Waals surface area contributed by atoms with Crippen molar-refractivity contribution in [3.8, 4) is 62.1 Å². The lowest BCUT2D eigenvalue weighted by Gasteiger charge is -2.15. The number of hydrogen-bond acceptors (Lipinski definition) is 3. The topological polar surface area (TPSA) is 43.6 Å². The number of halogens is 1. The van der Waals surface area contributed by atoms with Gasteiger partial charge in [-0.25, -0.2) is 19.3 Å². The molecule has 0 saturated carbocycles. The molecule has 0 unspecified atom stereocenters. The van der Waals surface area contributed by atoms with E-state index in [0.29, 0.717) is 17.5 Å². The van der Waals surface area contributed by atoms with E-state index in [-0.39, 0.29) is 5.82 Å². The Morgan fingerprint density at radius 2 is 1.02 bits per heavy atom. The molecule has 0 radical (unpaired) electrons. The average molecular weight is 659 g/mol. The minimum Gasteiger partial charge on any atom is -0.309 e. The molecular weight excluding hydrogens is 628 g/mol. The van der Waals surface area contributed by atoms with Gasteiger partial charge in [0.15, 0.2) is 17.5 Å². The van der Waals surface area contributed by atoms with E-state index >= 15 is 0 Å². The van der Waals surface area contributed by atoms with Gasteiger partial charge in [-0.2, -0.15) is 0 Å². The van der Waals surface area contributed by atoms with Crippen molar-refractivity contribution in [3.05, 3.63) is 181 Å². The third kappa shape index (κ3) is 5.65. The van der Waals surface area contributed by atoms with Crippen LogP contribution in [-0.2, 0) is 0 Å². The van der Waals surface area contributed by atoms with Crippen molar-refractivity contribution >= 4 is 21.8 Å². The number of aromatic nitrogens is 4. The zero-order chi connectivity index (χ0) is 34.3. The summed E-state index contributed by atoms with van der Waals surface area (Å²) < 4.78 is 17.0. The van der Waals surface area contributed by atoms with Gasteiger partial charge in [0.2, 0.25) is 0 Å². The first-order valence-electron chi connectivity index (χ1n) is 17.0. The van der Waals surface area contributed by atoms with Crippen LogP contribution in [0.3, 0.4) is 0 Å². The van der Waals surface area contributed by atoms with Crippen LogP contribution in [0.1, 0.15) is 5.56 Å². The lowest BCUT2D eigenvalue weighted by Crippen LogP contribution is -2.02. The van der Waals surface area contributed by atoms with Crippen LogP contribution < -0.4 is 0 Å². The summed E-state index contributed by atoms with van der Waals surface area (Å²) in [5.74, 6) is 1.33. The highest BCUT2D eigenvalue weighted by Gasteiger charge is 2.19. The Morgan fingerprint density at radius 3 is 1.75 bits per heavy atom. The van der Waals surface area contributed by atoms with Crippen molar-refractivity contribution in [1.29, 1.82) is 0 Å². The fraction of sp³-hybridized carbons (Fsp3) is 0.0217. The van der Waals surface area contributed by atoms with Gasteiger partial charge in [-0.15, -0.1) is 0 Å². The molecule has 0 N–H and O–H groups in total. The molecule has 4 nitrogen and oxygen atoms in total. The summed E-state index contributed by atoms with van der Waals surface area (Å²) in [6, 6.07) is 56.6. The molecule has 0 spiro atoms. The van der Waals surface area contributed by atoms with E-state index in [1.54, 1.807) is 12.1 Å². The first-order valence-corrected chi connectivity index (χ1v) is 17.0. The molecule has 0 aliphatic heterocycles. The molecule has 0 atom stereocenters. The second-order valence-corrected chi connectivity index (χ2v) is 12.7. The third-order valence-electron chi connectivity index (χ3n) is 9.36. The van der Waals surface area contributed by atoms with E-state index in [2.05, 4.69) is 96.4 Å². The highest BCUT2D eigenvalue weighted by Crippen LogP contribution is 2.39. The van der Waals surface area contributed by atoms with Gasteiger partial charge in [0.25, 0.3) is 0 Å². The third-order valence-corrected chi connectivity index (χ3v) is 9.36. The maximum Gasteiger partial charge on any atom is 0.164 e. The second-order valence-electron chi connectivity index (χ2n) is 12.7. The van der Waals surface area contributed by atoms with Crippen molar-refractivity contribution < 1.29 is 4.39 Å². The zero-order valence-corrected chi connectivity index (χ0v) is 27.8. The van der Waals surface area contributed by atoms with Crippen LogP contribution in [-0.4, -0.2) is 19.5 Å². The molecular formula is C46H31FN4. The van der Waals surface area contributed by atoms with Crippen molar-refractivity contribution in [2.24, 2.45) is 0 Å². The number of benzene rings is 7. The van der Waals surface area contributed by atoms with Crippen molar-refractivity contribution in [2.75, 3.05) is 0 Å². The number of fused-ring (bicyclic) bond motifs is 3.